The molecular formula is C14H15NO4. The summed E-state index contributed by atoms with van der Waals surface area (Å²) in [5.41, 5.74) is 0.827. The number of hydrogen-bond donors (Lipinski definition) is 1. The van der Waals surface area contributed by atoms with Crippen molar-refractivity contribution in [3.63, 3.8) is 0 Å². The van der Waals surface area contributed by atoms with Gasteiger partial charge in [0, 0.05) is 6.92 Å². The smallest absolute Gasteiger partial charge is 0.313 e. The Morgan fingerprint density at radius 1 is 1.21 bits per heavy atom. The van der Waals surface area contributed by atoms with Crippen LogP contribution in [0.15, 0.2) is 36.0 Å². The van der Waals surface area contributed by atoms with Gasteiger partial charge in [0.2, 0.25) is 5.91 Å². The van der Waals surface area contributed by atoms with Crippen LogP contribution in [-0.4, -0.2) is 24.8 Å². The summed E-state index contributed by atoms with van der Waals surface area (Å²) < 4.78 is 4.43. The number of rotatable bonds is 5. The van der Waals surface area contributed by atoms with Gasteiger partial charge in [0.1, 0.15) is 6.42 Å². The molecule has 0 spiro atoms. The molecule has 5 nitrogen and oxygen atoms in total. The first-order valence-corrected chi connectivity index (χ1v) is 5.67. The standard InChI is InChI=1S/C14H15NO4/c1-10(16)15-12(13(17)9-14(18)19-2)8-11-6-4-3-5-7-11/h3-8H,9H2,1-2H3,(H,15,16)/b12-8-. The number of Topliss-reactive ketones (excluding diaryl/α,β-unsaturated/α-hetero) is 1. The van der Waals surface area contributed by atoms with Crippen LogP contribution < -0.4 is 5.32 Å². The van der Waals surface area contributed by atoms with Crippen molar-refractivity contribution in [3.8, 4) is 0 Å². The molecule has 0 aliphatic carbocycles. The topological polar surface area (TPSA) is 72.5 Å². The first-order valence-electron chi connectivity index (χ1n) is 5.67. The van der Waals surface area contributed by atoms with Gasteiger partial charge in [-0.1, -0.05) is 30.3 Å². The Labute approximate surface area is 111 Å². The lowest BCUT2D eigenvalue weighted by Gasteiger charge is -2.06. The van der Waals surface area contributed by atoms with Crippen molar-refractivity contribution in [2.24, 2.45) is 0 Å². The van der Waals surface area contributed by atoms with Crippen LogP contribution in [0.25, 0.3) is 6.08 Å². The number of ether oxygens (including phenoxy) is 1. The van der Waals surface area contributed by atoms with E-state index >= 15 is 0 Å². The quantitative estimate of drug-likeness (QED) is 0.492. The Morgan fingerprint density at radius 3 is 2.37 bits per heavy atom. The molecule has 100 valence electrons. The number of esters is 1. The number of ketones is 1. The van der Waals surface area contributed by atoms with Gasteiger partial charge >= 0.3 is 5.97 Å². The molecule has 19 heavy (non-hydrogen) atoms. The van der Waals surface area contributed by atoms with Crippen LogP contribution >= 0.6 is 0 Å². The number of methoxy groups -OCH3 is 1. The second-order valence-corrected chi connectivity index (χ2v) is 3.83. The fraction of sp³-hybridized carbons (Fsp3) is 0.214. The minimum Gasteiger partial charge on any atom is -0.469 e. The second kappa shape index (κ2) is 7.10. The summed E-state index contributed by atoms with van der Waals surface area (Å²) in [5.74, 6) is -1.51. The lowest BCUT2D eigenvalue weighted by molar-refractivity contribution is -0.143. The van der Waals surface area contributed by atoms with Crippen LogP contribution in [0.4, 0.5) is 0 Å². The third-order valence-electron chi connectivity index (χ3n) is 2.25. The third-order valence-corrected chi connectivity index (χ3v) is 2.25. The van der Waals surface area contributed by atoms with Gasteiger partial charge in [-0.25, -0.2) is 0 Å². The predicted molar refractivity (Wildman–Crippen MR) is 69.9 cm³/mol. The van der Waals surface area contributed by atoms with E-state index in [-0.39, 0.29) is 11.6 Å². The first kappa shape index (κ1) is 14.6. The Morgan fingerprint density at radius 2 is 1.84 bits per heavy atom. The number of hydrogen-bond acceptors (Lipinski definition) is 4. The monoisotopic (exact) mass is 261 g/mol. The molecule has 0 radical (unpaired) electrons. The third kappa shape index (κ3) is 5.16. The molecule has 0 atom stereocenters. The van der Waals surface area contributed by atoms with Crippen LogP contribution in [-0.2, 0) is 19.1 Å². The summed E-state index contributed by atoms with van der Waals surface area (Å²) in [4.78, 5) is 34.0. The lowest BCUT2D eigenvalue weighted by atomic mass is 10.1. The summed E-state index contributed by atoms with van der Waals surface area (Å²) in [6.07, 6.45) is 1.11. The van der Waals surface area contributed by atoms with Crippen LogP contribution in [0.5, 0.6) is 0 Å². The van der Waals surface area contributed by atoms with Gasteiger partial charge in [-0.3, -0.25) is 14.4 Å². The van der Waals surface area contributed by atoms with E-state index < -0.39 is 18.2 Å². The Hall–Kier alpha value is -2.43. The largest absolute Gasteiger partial charge is 0.469 e. The van der Waals surface area contributed by atoms with Crippen molar-refractivity contribution in [2.75, 3.05) is 7.11 Å². The summed E-state index contributed by atoms with van der Waals surface area (Å²) in [7, 11) is 1.20. The normalized spacial score (nSPS) is 10.7. The molecule has 0 saturated heterocycles. The molecule has 1 aromatic rings. The molecular weight excluding hydrogens is 246 g/mol. The highest BCUT2D eigenvalue weighted by Crippen LogP contribution is 2.07. The molecule has 0 aromatic heterocycles. The van der Waals surface area contributed by atoms with Crippen LogP contribution in [0.2, 0.25) is 0 Å². The van der Waals surface area contributed by atoms with Crippen molar-refractivity contribution < 1.29 is 19.1 Å². The maximum atomic E-state index is 11.9. The van der Waals surface area contributed by atoms with E-state index in [2.05, 4.69) is 10.1 Å². The van der Waals surface area contributed by atoms with E-state index in [1.165, 1.54) is 20.1 Å². The fourth-order valence-electron chi connectivity index (χ4n) is 1.39. The van der Waals surface area contributed by atoms with Gasteiger partial charge in [0.25, 0.3) is 0 Å². The average molecular weight is 261 g/mol. The molecule has 0 fully saturated rings. The summed E-state index contributed by atoms with van der Waals surface area (Å²) >= 11 is 0. The number of nitrogens with one attached hydrogen (secondary N) is 1. The Kier molecular flexibility index (Phi) is 5.47. The minimum atomic E-state index is -0.644. The molecule has 1 aromatic carbocycles. The molecule has 1 rings (SSSR count). The maximum Gasteiger partial charge on any atom is 0.313 e. The van der Waals surface area contributed by atoms with E-state index in [0.29, 0.717) is 0 Å². The zero-order valence-electron chi connectivity index (χ0n) is 10.8. The molecule has 0 saturated carbocycles. The molecule has 0 aliphatic heterocycles. The highest BCUT2D eigenvalue weighted by atomic mass is 16.5. The maximum absolute atomic E-state index is 11.9. The van der Waals surface area contributed by atoms with E-state index in [9.17, 15) is 14.4 Å². The van der Waals surface area contributed by atoms with Crippen LogP contribution in [0.1, 0.15) is 18.9 Å². The zero-order valence-corrected chi connectivity index (χ0v) is 10.8. The van der Waals surface area contributed by atoms with Gasteiger partial charge < -0.3 is 10.1 Å². The minimum absolute atomic E-state index is 0.0732. The number of amides is 1. The summed E-state index contributed by atoms with van der Waals surface area (Å²) in [6, 6.07) is 9.02. The highest BCUT2D eigenvalue weighted by Gasteiger charge is 2.15. The van der Waals surface area contributed by atoms with Crippen LogP contribution in [0, 0.1) is 0 Å². The number of carbonyl (C=O) groups excluding carboxylic acids is 3. The predicted octanol–water partition coefficient (Wildman–Crippen LogP) is 1.30. The SMILES string of the molecule is COC(=O)CC(=O)/C(=C/c1ccccc1)NC(C)=O. The Balaban J connectivity index is 2.94. The van der Waals surface area contributed by atoms with E-state index in [1.807, 2.05) is 18.2 Å². The van der Waals surface area contributed by atoms with Crippen molar-refractivity contribution >= 4 is 23.7 Å². The lowest BCUT2D eigenvalue weighted by Crippen LogP contribution is -2.26. The molecule has 0 unspecified atom stereocenters. The number of allylic oxidation sites excluding steroid dienone is 1. The molecule has 1 amide bonds. The second-order valence-electron chi connectivity index (χ2n) is 3.83. The number of carbonyl (C=O) groups is 3. The van der Waals surface area contributed by atoms with Crippen LogP contribution in [0.3, 0.4) is 0 Å². The molecule has 0 bridgehead atoms. The van der Waals surface area contributed by atoms with Crippen molar-refractivity contribution in [2.45, 2.75) is 13.3 Å². The molecule has 0 aliphatic rings. The highest BCUT2D eigenvalue weighted by molar-refractivity contribution is 6.09. The van der Waals surface area contributed by atoms with E-state index in [4.69, 9.17) is 0 Å². The van der Waals surface area contributed by atoms with Gasteiger partial charge in [0.05, 0.1) is 12.8 Å². The number of benzene rings is 1. The zero-order chi connectivity index (χ0) is 14.3. The van der Waals surface area contributed by atoms with Crippen molar-refractivity contribution in [1.29, 1.82) is 0 Å². The summed E-state index contributed by atoms with van der Waals surface area (Å²) in [6.45, 7) is 1.30. The van der Waals surface area contributed by atoms with E-state index in [0.717, 1.165) is 5.56 Å². The van der Waals surface area contributed by atoms with Gasteiger partial charge in [-0.2, -0.15) is 0 Å². The summed E-state index contributed by atoms with van der Waals surface area (Å²) in [5, 5.41) is 2.42. The molecule has 5 heteroatoms. The average Bonchev–Trinajstić information content (AvgIpc) is 2.38. The fourth-order valence-corrected chi connectivity index (χ4v) is 1.39. The molecule has 1 N–H and O–H groups in total. The first-order chi connectivity index (χ1) is 9.02. The van der Waals surface area contributed by atoms with Crippen molar-refractivity contribution in [3.05, 3.63) is 41.6 Å². The van der Waals surface area contributed by atoms with Crippen molar-refractivity contribution in [1.82, 2.24) is 5.32 Å². The molecule has 0 heterocycles. The Bertz CT molecular complexity index is 505. The van der Waals surface area contributed by atoms with Gasteiger partial charge in [0.15, 0.2) is 5.78 Å². The van der Waals surface area contributed by atoms with Gasteiger partial charge in [-0.15, -0.1) is 0 Å². The van der Waals surface area contributed by atoms with Gasteiger partial charge in [-0.05, 0) is 11.6 Å². The van der Waals surface area contributed by atoms with E-state index in [1.54, 1.807) is 12.1 Å².